The first-order valence-electron chi connectivity index (χ1n) is 7.50. The van der Waals surface area contributed by atoms with Crippen molar-refractivity contribution in [3.63, 3.8) is 0 Å². The summed E-state index contributed by atoms with van der Waals surface area (Å²) in [5.41, 5.74) is 5.29. The number of halogens is 1. The Morgan fingerprint density at radius 2 is 1.83 bits per heavy atom. The topological polar surface area (TPSA) is 50.7 Å². The van der Waals surface area contributed by atoms with Gasteiger partial charge in [-0.3, -0.25) is 0 Å². The quantitative estimate of drug-likeness (QED) is 0.659. The second-order valence-electron chi connectivity index (χ2n) is 4.80. The fourth-order valence-electron chi connectivity index (χ4n) is 2.16. The molecule has 0 aliphatic heterocycles. The Morgan fingerprint density at radius 1 is 1.13 bits per heavy atom. The normalized spacial score (nSPS) is 11.2. The molecule has 0 radical (unpaired) electrons. The first-order chi connectivity index (χ1) is 11.2. The molecule has 0 unspecified atom stereocenters. The minimum Gasteiger partial charge on any atom is -0.449 e. The van der Waals surface area contributed by atoms with Crippen molar-refractivity contribution in [1.82, 2.24) is 5.43 Å². The van der Waals surface area contributed by atoms with Crippen LogP contribution in [-0.2, 0) is 4.74 Å². The number of nitrogens with one attached hydrogen (secondary N) is 1. The molecule has 2 aromatic rings. The SMILES string of the molecule is CCOC(=O)NN=C(CC)c1ccc(-c2ccccc2F)cc1. The predicted molar refractivity (Wildman–Crippen MR) is 88.8 cm³/mol. The van der Waals surface area contributed by atoms with Crippen molar-refractivity contribution in [2.45, 2.75) is 20.3 Å². The predicted octanol–water partition coefficient (Wildman–Crippen LogP) is 4.35. The number of hydrogen-bond donors (Lipinski definition) is 1. The van der Waals surface area contributed by atoms with Gasteiger partial charge in [-0.1, -0.05) is 49.4 Å². The van der Waals surface area contributed by atoms with Gasteiger partial charge in [-0.05, 0) is 30.5 Å². The molecular formula is C18H19FN2O2. The highest BCUT2D eigenvalue weighted by atomic mass is 19.1. The Bertz CT molecular complexity index is 696. The summed E-state index contributed by atoms with van der Waals surface area (Å²) in [4.78, 5) is 11.3. The highest BCUT2D eigenvalue weighted by Crippen LogP contribution is 2.23. The number of amides is 1. The lowest BCUT2D eigenvalue weighted by Crippen LogP contribution is -2.20. The van der Waals surface area contributed by atoms with Crippen LogP contribution in [0.5, 0.6) is 0 Å². The monoisotopic (exact) mass is 314 g/mol. The van der Waals surface area contributed by atoms with E-state index in [1.54, 1.807) is 25.1 Å². The van der Waals surface area contributed by atoms with Crippen LogP contribution < -0.4 is 5.43 Å². The van der Waals surface area contributed by atoms with Gasteiger partial charge in [0.2, 0.25) is 0 Å². The Balaban J connectivity index is 2.19. The molecule has 0 heterocycles. The standard InChI is InChI=1S/C18H19FN2O2/c1-3-17(20-21-18(22)23-4-2)14-11-9-13(10-12-14)15-7-5-6-8-16(15)19/h5-12H,3-4H2,1-2H3,(H,21,22). The highest BCUT2D eigenvalue weighted by Gasteiger charge is 2.07. The van der Waals surface area contributed by atoms with Crippen LogP contribution in [0.1, 0.15) is 25.8 Å². The maximum atomic E-state index is 13.8. The minimum absolute atomic E-state index is 0.256. The molecule has 1 amide bonds. The molecule has 0 spiro atoms. The summed E-state index contributed by atoms with van der Waals surface area (Å²) in [6, 6.07) is 14.0. The van der Waals surface area contributed by atoms with Gasteiger partial charge in [0.05, 0.1) is 12.3 Å². The maximum Gasteiger partial charge on any atom is 0.427 e. The lowest BCUT2D eigenvalue weighted by Gasteiger charge is -2.07. The summed E-state index contributed by atoms with van der Waals surface area (Å²) < 4.78 is 18.6. The third kappa shape index (κ3) is 4.39. The van der Waals surface area contributed by atoms with Crippen LogP contribution in [0.3, 0.4) is 0 Å². The van der Waals surface area contributed by atoms with E-state index in [1.165, 1.54) is 6.07 Å². The van der Waals surface area contributed by atoms with E-state index in [0.29, 0.717) is 18.6 Å². The van der Waals surface area contributed by atoms with Crippen LogP contribution in [0, 0.1) is 5.82 Å². The van der Waals surface area contributed by atoms with Crippen LogP contribution in [0.25, 0.3) is 11.1 Å². The van der Waals surface area contributed by atoms with Gasteiger partial charge in [0.25, 0.3) is 0 Å². The summed E-state index contributed by atoms with van der Waals surface area (Å²) in [6.45, 7) is 3.96. The van der Waals surface area contributed by atoms with Crippen LogP contribution in [-0.4, -0.2) is 18.4 Å². The summed E-state index contributed by atoms with van der Waals surface area (Å²) in [7, 11) is 0. The van der Waals surface area contributed by atoms with E-state index in [1.807, 2.05) is 31.2 Å². The van der Waals surface area contributed by atoms with E-state index in [-0.39, 0.29) is 5.82 Å². The molecular weight excluding hydrogens is 295 g/mol. The summed E-state index contributed by atoms with van der Waals surface area (Å²) >= 11 is 0. The molecule has 0 saturated heterocycles. The number of rotatable bonds is 5. The minimum atomic E-state index is -0.582. The Morgan fingerprint density at radius 3 is 2.43 bits per heavy atom. The Kier molecular flexibility index (Phi) is 5.86. The van der Waals surface area contributed by atoms with E-state index in [2.05, 4.69) is 10.5 Å². The van der Waals surface area contributed by atoms with Crippen LogP contribution in [0.4, 0.5) is 9.18 Å². The van der Waals surface area contributed by atoms with Gasteiger partial charge in [0, 0.05) is 5.56 Å². The number of carbonyl (C=O) groups excluding carboxylic acids is 1. The van der Waals surface area contributed by atoms with Crippen molar-refractivity contribution >= 4 is 11.8 Å². The van der Waals surface area contributed by atoms with Crippen molar-refractivity contribution in [1.29, 1.82) is 0 Å². The number of ether oxygens (including phenoxy) is 1. The maximum absolute atomic E-state index is 13.8. The van der Waals surface area contributed by atoms with Crippen LogP contribution >= 0.6 is 0 Å². The molecule has 0 aliphatic carbocycles. The first kappa shape index (κ1) is 16.7. The van der Waals surface area contributed by atoms with E-state index >= 15 is 0 Å². The average Bonchev–Trinajstić information content (AvgIpc) is 2.57. The second kappa shape index (κ2) is 8.08. The first-order valence-corrected chi connectivity index (χ1v) is 7.50. The molecule has 2 rings (SSSR count). The lowest BCUT2D eigenvalue weighted by molar-refractivity contribution is 0.152. The molecule has 0 saturated carbocycles. The van der Waals surface area contributed by atoms with Gasteiger partial charge in [0.1, 0.15) is 5.82 Å². The van der Waals surface area contributed by atoms with Crippen LogP contribution in [0.2, 0.25) is 0 Å². The number of hydrazone groups is 1. The van der Waals surface area contributed by atoms with E-state index in [9.17, 15) is 9.18 Å². The third-order valence-electron chi connectivity index (χ3n) is 3.30. The van der Waals surface area contributed by atoms with Crippen LogP contribution in [0.15, 0.2) is 53.6 Å². The lowest BCUT2D eigenvalue weighted by atomic mass is 10.0. The van der Waals surface area contributed by atoms with Crippen molar-refractivity contribution in [3.05, 3.63) is 59.9 Å². The van der Waals surface area contributed by atoms with Gasteiger partial charge in [0.15, 0.2) is 0 Å². The molecule has 2 aromatic carbocycles. The van der Waals surface area contributed by atoms with Crippen molar-refractivity contribution in [2.24, 2.45) is 5.10 Å². The number of benzene rings is 2. The Labute approximate surface area is 135 Å². The molecule has 0 aromatic heterocycles. The van der Waals surface area contributed by atoms with E-state index < -0.39 is 6.09 Å². The summed E-state index contributed by atoms with van der Waals surface area (Å²) in [5.74, 6) is -0.256. The molecule has 0 aliphatic rings. The molecule has 5 heteroatoms. The summed E-state index contributed by atoms with van der Waals surface area (Å²) in [6.07, 6.45) is 0.0623. The number of nitrogens with zero attached hydrogens (tertiary/aromatic N) is 1. The zero-order valence-electron chi connectivity index (χ0n) is 13.2. The molecule has 4 nitrogen and oxygen atoms in total. The second-order valence-corrected chi connectivity index (χ2v) is 4.80. The molecule has 0 fully saturated rings. The fourth-order valence-corrected chi connectivity index (χ4v) is 2.16. The van der Waals surface area contributed by atoms with Gasteiger partial charge in [-0.15, -0.1) is 0 Å². The average molecular weight is 314 g/mol. The molecule has 120 valence electrons. The molecule has 1 N–H and O–H groups in total. The third-order valence-corrected chi connectivity index (χ3v) is 3.30. The molecule has 23 heavy (non-hydrogen) atoms. The Hall–Kier alpha value is -2.69. The fraction of sp³-hybridized carbons (Fsp3) is 0.222. The highest BCUT2D eigenvalue weighted by molar-refractivity contribution is 6.01. The molecule has 0 atom stereocenters. The van der Waals surface area contributed by atoms with Gasteiger partial charge in [-0.25, -0.2) is 14.6 Å². The van der Waals surface area contributed by atoms with Gasteiger partial charge >= 0.3 is 6.09 Å². The van der Waals surface area contributed by atoms with Crippen molar-refractivity contribution in [3.8, 4) is 11.1 Å². The smallest absolute Gasteiger partial charge is 0.427 e. The number of hydrogen-bond acceptors (Lipinski definition) is 3. The molecule has 0 bridgehead atoms. The van der Waals surface area contributed by atoms with Gasteiger partial charge in [-0.2, -0.15) is 5.10 Å². The van der Waals surface area contributed by atoms with Crippen molar-refractivity contribution in [2.75, 3.05) is 6.61 Å². The van der Waals surface area contributed by atoms with Crippen molar-refractivity contribution < 1.29 is 13.9 Å². The largest absolute Gasteiger partial charge is 0.449 e. The van der Waals surface area contributed by atoms with Gasteiger partial charge < -0.3 is 4.74 Å². The van der Waals surface area contributed by atoms with E-state index in [4.69, 9.17) is 4.74 Å². The number of carbonyl (C=O) groups is 1. The van der Waals surface area contributed by atoms with E-state index in [0.717, 1.165) is 16.8 Å². The zero-order chi connectivity index (χ0) is 16.7. The zero-order valence-corrected chi connectivity index (χ0v) is 13.2. The summed E-state index contributed by atoms with van der Waals surface area (Å²) in [5, 5.41) is 4.07.